The SMILES string of the molecule is CCCCCCc1ccc(-c2ccc3cc4cc(CCCCC)ccc4cc3c2)cc1. The summed E-state index contributed by atoms with van der Waals surface area (Å²) in [4.78, 5) is 0. The van der Waals surface area contributed by atoms with E-state index in [1.807, 2.05) is 0 Å². The maximum Gasteiger partial charge on any atom is -0.0171 e. The molecule has 0 nitrogen and oxygen atoms in total. The molecule has 0 aliphatic carbocycles. The molecule has 4 rings (SSSR count). The minimum atomic E-state index is 1.19. The summed E-state index contributed by atoms with van der Waals surface area (Å²) in [7, 11) is 0. The van der Waals surface area contributed by atoms with Gasteiger partial charge in [-0.25, -0.2) is 0 Å². The number of unbranched alkanes of at least 4 members (excludes halogenated alkanes) is 5. The van der Waals surface area contributed by atoms with E-state index in [0.717, 1.165) is 0 Å². The lowest BCUT2D eigenvalue weighted by Gasteiger charge is -2.09. The summed E-state index contributed by atoms with van der Waals surface area (Å²) in [5, 5.41) is 5.36. The van der Waals surface area contributed by atoms with Gasteiger partial charge in [0.1, 0.15) is 0 Å². The van der Waals surface area contributed by atoms with Crippen molar-refractivity contribution in [3.63, 3.8) is 0 Å². The van der Waals surface area contributed by atoms with Gasteiger partial charge in [-0.3, -0.25) is 0 Å². The minimum absolute atomic E-state index is 1.19. The fraction of sp³-hybridized carbons (Fsp3) is 0.355. The second-order valence-corrected chi connectivity index (χ2v) is 9.06. The second kappa shape index (κ2) is 10.6. The first-order valence-electron chi connectivity index (χ1n) is 12.3. The molecule has 0 bridgehead atoms. The number of hydrogen-bond donors (Lipinski definition) is 0. The number of hydrogen-bond acceptors (Lipinski definition) is 0. The fourth-order valence-corrected chi connectivity index (χ4v) is 4.58. The van der Waals surface area contributed by atoms with Crippen molar-refractivity contribution < 1.29 is 0 Å². The van der Waals surface area contributed by atoms with Crippen LogP contribution < -0.4 is 0 Å². The van der Waals surface area contributed by atoms with Crippen LogP contribution in [0.5, 0.6) is 0 Å². The Kier molecular flexibility index (Phi) is 7.41. The van der Waals surface area contributed by atoms with Crippen LogP contribution in [0.15, 0.2) is 72.8 Å². The van der Waals surface area contributed by atoms with Crippen LogP contribution in [0, 0.1) is 0 Å². The van der Waals surface area contributed by atoms with Gasteiger partial charge >= 0.3 is 0 Å². The molecule has 160 valence electrons. The summed E-state index contributed by atoms with van der Waals surface area (Å²) < 4.78 is 0. The van der Waals surface area contributed by atoms with E-state index in [-0.39, 0.29) is 0 Å². The molecule has 31 heavy (non-hydrogen) atoms. The van der Waals surface area contributed by atoms with Crippen molar-refractivity contribution in [3.8, 4) is 11.1 Å². The van der Waals surface area contributed by atoms with Gasteiger partial charge < -0.3 is 0 Å². The van der Waals surface area contributed by atoms with E-state index in [0.29, 0.717) is 0 Å². The Morgan fingerprint density at radius 1 is 0.419 bits per heavy atom. The molecule has 0 fully saturated rings. The van der Waals surface area contributed by atoms with Gasteiger partial charge in [-0.15, -0.1) is 0 Å². The van der Waals surface area contributed by atoms with Crippen molar-refractivity contribution in [3.05, 3.63) is 83.9 Å². The van der Waals surface area contributed by atoms with Crippen LogP contribution in [0.3, 0.4) is 0 Å². The molecule has 0 spiro atoms. The predicted molar refractivity (Wildman–Crippen MR) is 138 cm³/mol. The molecule has 0 heterocycles. The van der Waals surface area contributed by atoms with Gasteiger partial charge in [0.05, 0.1) is 0 Å². The van der Waals surface area contributed by atoms with Crippen LogP contribution >= 0.6 is 0 Å². The highest BCUT2D eigenvalue weighted by atomic mass is 14.1. The Labute approximate surface area is 188 Å². The Balaban J connectivity index is 1.53. The first-order valence-corrected chi connectivity index (χ1v) is 12.3. The van der Waals surface area contributed by atoms with Crippen LogP contribution in [0.2, 0.25) is 0 Å². The number of benzene rings is 4. The molecule has 0 amide bonds. The molecule has 0 heteroatoms. The monoisotopic (exact) mass is 408 g/mol. The van der Waals surface area contributed by atoms with Gasteiger partial charge in [0.2, 0.25) is 0 Å². The summed E-state index contributed by atoms with van der Waals surface area (Å²) in [6.07, 6.45) is 11.6. The van der Waals surface area contributed by atoms with E-state index in [1.54, 1.807) is 0 Å². The normalized spacial score (nSPS) is 11.4. The molecule has 0 aliphatic rings. The Bertz CT molecular complexity index is 1120. The van der Waals surface area contributed by atoms with Crippen molar-refractivity contribution in [1.82, 2.24) is 0 Å². The molecule has 4 aromatic carbocycles. The Hall–Kier alpha value is -2.60. The zero-order valence-corrected chi connectivity index (χ0v) is 19.3. The molecular weight excluding hydrogens is 372 g/mol. The molecule has 0 N–H and O–H groups in total. The van der Waals surface area contributed by atoms with Crippen LogP contribution in [-0.4, -0.2) is 0 Å². The lowest BCUT2D eigenvalue weighted by Crippen LogP contribution is -1.87. The quantitative estimate of drug-likeness (QED) is 0.181. The molecule has 0 atom stereocenters. The largest absolute Gasteiger partial charge is 0.0654 e. The molecule has 0 unspecified atom stereocenters. The average molecular weight is 409 g/mol. The molecule has 0 aliphatic heterocycles. The topological polar surface area (TPSA) is 0 Å². The predicted octanol–water partition coefficient (Wildman–Crippen LogP) is 9.52. The smallest absolute Gasteiger partial charge is 0.0171 e. The fourth-order valence-electron chi connectivity index (χ4n) is 4.58. The average Bonchev–Trinajstić information content (AvgIpc) is 2.81. The van der Waals surface area contributed by atoms with Gasteiger partial charge in [0, 0.05) is 0 Å². The van der Waals surface area contributed by atoms with Crippen LogP contribution in [0.1, 0.15) is 69.9 Å². The second-order valence-electron chi connectivity index (χ2n) is 9.06. The zero-order valence-electron chi connectivity index (χ0n) is 19.3. The molecular formula is C31H36. The van der Waals surface area contributed by atoms with E-state index in [4.69, 9.17) is 0 Å². The zero-order chi connectivity index (χ0) is 21.5. The highest BCUT2D eigenvalue weighted by molar-refractivity contribution is 5.99. The summed E-state index contributed by atoms with van der Waals surface area (Å²) >= 11 is 0. The Morgan fingerprint density at radius 2 is 0.968 bits per heavy atom. The van der Waals surface area contributed by atoms with Gasteiger partial charge in [0.15, 0.2) is 0 Å². The maximum absolute atomic E-state index is 2.39. The highest BCUT2D eigenvalue weighted by Crippen LogP contribution is 2.29. The van der Waals surface area contributed by atoms with E-state index in [1.165, 1.54) is 102 Å². The first-order chi connectivity index (χ1) is 15.3. The summed E-state index contributed by atoms with van der Waals surface area (Å²) in [6.45, 7) is 4.54. The summed E-state index contributed by atoms with van der Waals surface area (Å²) in [5.74, 6) is 0. The summed E-state index contributed by atoms with van der Waals surface area (Å²) in [5.41, 5.74) is 5.54. The van der Waals surface area contributed by atoms with Crippen molar-refractivity contribution in [2.45, 2.75) is 71.6 Å². The van der Waals surface area contributed by atoms with Crippen molar-refractivity contribution in [2.75, 3.05) is 0 Å². The lowest BCUT2D eigenvalue weighted by atomic mass is 9.96. The number of aryl methyl sites for hydroxylation is 2. The summed E-state index contributed by atoms with van der Waals surface area (Å²) in [6, 6.07) is 27.8. The van der Waals surface area contributed by atoms with Gasteiger partial charge in [0.25, 0.3) is 0 Å². The minimum Gasteiger partial charge on any atom is -0.0654 e. The van der Waals surface area contributed by atoms with Crippen LogP contribution in [-0.2, 0) is 12.8 Å². The van der Waals surface area contributed by atoms with Gasteiger partial charge in [-0.05, 0) is 87.7 Å². The van der Waals surface area contributed by atoms with Crippen LogP contribution in [0.4, 0.5) is 0 Å². The van der Waals surface area contributed by atoms with Crippen molar-refractivity contribution >= 4 is 21.5 Å². The van der Waals surface area contributed by atoms with E-state index >= 15 is 0 Å². The van der Waals surface area contributed by atoms with Gasteiger partial charge in [-0.1, -0.05) is 101 Å². The van der Waals surface area contributed by atoms with Gasteiger partial charge in [-0.2, -0.15) is 0 Å². The molecule has 0 radical (unpaired) electrons. The standard InChI is InChI=1S/C31H36/c1-3-5-7-9-10-24-12-15-26(16-13-24)27-18-19-29-22-30-20-25(11-8-6-4-2)14-17-28(30)23-31(29)21-27/h12-23H,3-11H2,1-2H3. The third kappa shape index (κ3) is 5.56. The van der Waals surface area contributed by atoms with E-state index in [9.17, 15) is 0 Å². The Morgan fingerprint density at radius 3 is 1.71 bits per heavy atom. The lowest BCUT2D eigenvalue weighted by molar-refractivity contribution is 0.667. The molecule has 0 saturated carbocycles. The first kappa shape index (κ1) is 21.6. The van der Waals surface area contributed by atoms with E-state index < -0.39 is 0 Å². The van der Waals surface area contributed by atoms with Crippen molar-refractivity contribution in [2.24, 2.45) is 0 Å². The third-order valence-corrected chi connectivity index (χ3v) is 6.54. The van der Waals surface area contributed by atoms with Crippen molar-refractivity contribution in [1.29, 1.82) is 0 Å². The third-order valence-electron chi connectivity index (χ3n) is 6.54. The molecule has 4 aromatic rings. The number of fused-ring (bicyclic) bond motifs is 2. The highest BCUT2D eigenvalue weighted by Gasteiger charge is 2.04. The molecule has 0 saturated heterocycles. The van der Waals surface area contributed by atoms with E-state index in [2.05, 4.69) is 86.6 Å². The number of rotatable bonds is 10. The van der Waals surface area contributed by atoms with Crippen LogP contribution in [0.25, 0.3) is 32.7 Å². The maximum atomic E-state index is 2.39. The molecule has 0 aromatic heterocycles.